The summed E-state index contributed by atoms with van der Waals surface area (Å²) in [6.07, 6.45) is 9.46. The van der Waals surface area contributed by atoms with Crippen molar-refractivity contribution in [3.63, 3.8) is 0 Å². The molecule has 1 nitrogen and oxygen atoms in total. The molecular formula is C32H31N. The van der Waals surface area contributed by atoms with Gasteiger partial charge in [-0.3, -0.25) is 0 Å². The highest BCUT2D eigenvalue weighted by Gasteiger charge is 2.17. The molecule has 0 bridgehead atoms. The second kappa shape index (κ2) is 10.7. The van der Waals surface area contributed by atoms with Crippen LogP contribution in [0.25, 0.3) is 12.2 Å². The van der Waals surface area contributed by atoms with Gasteiger partial charge in [-0.05, 0) is 66.8 Å². The van der Waals surface area contributed by atoms with Gasteiger partial charge >= 0.3 is 0 Å². The van der Waals surface area contributed by atoms with Crippen LogP contribution in [-0.4, -0.2) is 0 Å². The molecular weight excluding hydrogens is 398 g/mol. The van der Waals surface area contributed by atoms with Crippen LogP contribution in [0, 0.1) is 13.8 Å². The zero-order valence-corrected chi connectivity index (χ0v) is 19.7. The highest BCUT2D eigenvalue weighted by Crippen LogP contribution is 2.38. The van der Waals surface area contributed by atoms with E-state index in [1.807, 2.05) is 0 Å². The third-order valence-corrected chi connectivity index (χ3v) is 5.86. The summed E-state index contributed by atoms with van der Waals surface area (Å²) >= 11 is 0. The third-order valence-electron chi connectivity index (χ3n) is 5.86. The standard InChI is InChI=1S/C32H31N/c1-4-29-14-10-11-26(3)32(29)33(30-15-6-5-7-16-30)31-23-21-28(22-24-31)13-9-8-12-27-19-17-25(2)18-20-27/h5-24H,4H2,1-3H3/b12-8+,13-9+. The first-order valence-electron chi connectivity index (χ1n) is 11.6. The van der Waals surface area contributed by atoms with E-state index in [1.165, 1.54) is 39.2 Å². The molecule has 0 radical (unpaired) electrons. The van der Waals surface area contributed by atoms with E-state index in [0.717, 1.165) is 12.1 Å². The molecule has 0 aromatic heterocycles. The van der Waals surface area contributed by atoms with Gasteiger partial charge in [-0.2, -0.15) is 0 Å². The van der Waals surface area contributed by atoms with Crippen molar-refractivity contribution < 1.29 is 0 Å². The molecule has 0 unspecified atom stereocenters. The molecule has 0 aliphatic rings. The number of nitrogens with zero attached hydrogens (tertiary/aromatic N) is 1. The van der Waals surface area contributed by atoms with Gasteiger partial charge in [-0.15, -0.1) is 0 Å². The fourth-order valence-electron chi connectivity index (χ4n) is 4.05. The Bertz CT molecular complexity index is 1230. The van der Waals surface area contributed by atoms with Crippen LogP contribution in [0.4, 0.5) is 17.1 Å². The van der Waals surface area contributed by atoms with E-state index in [2.05, 4.69) is 147 Å². The zero-order chi connectivity index (χ0) is 23.0. The van der Waals surface area contributed by atoms with E-state index >= 15 is 0 Å². The smallest absolute Gasteiger partial charge is 0.0522 e. The Morgan fingerprint density at radius 3 is 1.79 bits per heavy atom. The van der Waals surface area contributed by atoms with E-state index in [-0.39, 0.29) is 0 Å². The van der Waals surface area contributed by atoms with Crippen molar-refractivity contribution in [3.8, 4) is 0 Å². The molecule has 0 N–H and O–H groups in total. The quantitative estimate of drug-likeness (QED) is 0.265. The number of para-hydroxylation sites is 2. The molecule has 0 fully saturated rings. The second-order valence-electron chi connectivity index (χ2n) is 8.33. The van der Waals surface area contributed by atoms with Gasteiger partial charge in [0.05, 0.1) is 5.69 Å². The summed E-state index contributed by atoms with van der Waals surface area (Å²) in [4.78, 5) is 2.37. The van der Waals surface area contributed by atoms with Gasteiger partial charge in [0.25, 0.3) is 0 Å². The number of allylic oxidation sites excluding steroid dienone is 2. The van der Waals surface area contributed by atoms with Crippen LogP contribution in [0.15, 0.2) is 109 Å². The molecule has 0 heterocycles. The molecule has 0 amide bonds. The zero-order valence-electron chi connectivity index (χ0n) is 19.7. The van der Waals surface area contributed by atoms with Crippen molar-refractivity contribution in [1.29, 1.82) is 0 Å². The van der Waals surface area contributed by atoms with Crippen LogP contribution in [0.3, 0.4) is 0 Å². The first-order valence-corrected chi connectivity index (χ1v) is 11.6. The van der Waals surface area contributed by atoms with Crippen LogP contribution >= 0.6 is 0 Å². The molecule has 0 aliphatic carbocycles. The third kappa shape index (κ3) is 5.51. The molecule has 4 rings (SSSR count). The Morgan fingerprint density at radius 2 is 1.18 bits per heavy atom. The lowest BCUT2D eigenvalue weighted by molar-refractivity contribution is 1.10. The first kappa shape index (κ1) is 22.4. The van der Waals surface area contributed by atoms with E-state index in [1.54, 1.807) is 0 Å². The molecule has 33 heavy (non-hydrogen) atoms. The largest absolute Gasteiger partial charge is 0.310 e. The molecule has 4 aromatic rings. The van der Waals surface area contributed by atoms with Crippen molar-refractivity contribution in [1.82, 2.24) is 0 Å². The van der Waals surface area contributed by atoms with Gasteiger partial charge in [0.15, 0.2) is 0 Å². The average molecular weight is 430 g/mol. The van der Waals surface area contributed by atoms with Crippen LogP contribution < -0.4 is 4.90 Å². The van der Waals surface area contributed by atoms with Crippen LogP contribution in [0.5, 0.6) is 0 Å². The second-order valence-corrected chi connectivity index (χ2v) is 8.33. The first-order chi connectivity index (χ1) is 16.2. The maximum Gasteiger partial charge on any atom is 0.0522 e. The predicted molar refractivity (Wildman–Crippen MR) is 144 cm³/mol. The highest BCUT2D eigenvalue weighted by atomic mass is 15.1. The molecule has 4 aromatic carbocycles. The van der Waals surface area contributed by atoms with Gasteiger partial charge < -0.3 is 4.90 Å². The minimum atomic E-state index is 0.995. The van der Waals surface area contributed by atoms with Crippen molar-refractivity contribution in [2.24, 2.45) is 0 Å². The van der Waals surface area contributed by atoms with Crippen molar-refractivity contribution in [2.75, 3.05) is 4.90 Å². The fraction of sp³-hybridized carbons (Fsp3) is 0.125. The lowest BCUT2D eigenvalue weighted by atomic mass is 10.0. The Hall–Kier alpha value is -3.84. The Labute approximate surface area is 198 Å². The van der Waals surface area contributed by atoms with Crippen LogP contribution in [-0.2, 0) is 6.42 Å². The monoisotopic (exact) mass is 429 g/mol. The molecule has 0 aliphatic heterocycles. The van der Waals surface area contributed by atoms with Gasteiger partial charge in [0, 0.05) is 11.4 Å². The van der Waals surface area contributed by atoms with Crippen molar-refractivity contribution >= 4 is 29.2 Å². The van der Waals surface area contributed by atoms with Gasteiger partial charge in [0.2, 0.25) is 0 Å². The number of benzene rings is 4. The predicted octanol–water partition coefficient (Wildman–Crippen LogP) is 9.06. The lowest BCUT2D eigenvalue weighted by Gasteiger charge is -2.29. The van der Waals surface area contributed by atoms with Gasteiger partial charge in [0.1, 0.15) is 0 Å². The summed E-state index contributed by atoms with van der Waals surface area (Å²) in [5, 5.41) is 0. The molecule has 0 saturated carbocycles. The Morgan fingerprint density at radius 1 is 0.606 bits per heavy atom. The van der Waals surface area contributed by atoms with Crippen molar-refractivity contribution in [3.05, 3.63) is 137 Å². The minimum absolute atomic E-state index is 0.995. The van der Waals surface area contributed by atoms with Crippen LogP contribution in [0.1, 0.15) is 34.7 Å². The van der Waals surface area contributed by atoms with E-state index in [9.17, 15) is 0 Å². The maximum absolute atomic E-state index is 2.37. The van der Waals surface area contributed by atoms with Gasteiger partial charge in [-0.1, -0.05) is 110 Å². The van der Waals surface area contributed by atoms with E-state index < -0.39 is 0 Å². The van der Waals surface area contributed by atoms with E-state index in [4.69, 9.17) is 0 Å². The SMILES string of the molecule is CCc1cccc(C)c1N(c1ccccc1)c1ccc(/C=C/C=C/c2ccc(C)cc2)cc1. The fourth-order valence-corrected chi connectivity index (χ4v) is 4.05. The average Bonchev–Trinajstić information content (AvgIpc) is 2.85. The normalized spacial score (nSPS) is 11.4. The van der Waals surface area contributed by atoms with Crippen molar-refractivity contribution in [2.45, 2.75) is 27.2 Å². The molecule has 0 atom stereocenters. The minimum Gasteiger partial charge on any atom is -0.310 e. The summed E-state index contributed by atoms with van der Waals surface area (Å²) < 4.78 is 0. The Kier molecular flexibility index (Phi) is 7.22. The molecule has 164 valence electrons. The molecule has 0 spiro atoms. The number of anilines is 3. The number of rotatable bonds is 7. The summed E-state index contributed by atoms with van der Waals surface area (Å²) in [6.45, 7) is 6.53. The molecule has 0 saturated heterocycles. The number of hydrogen-bond donors (Lipinski definition) is 0. The summed E-state index contributed by atoms with van der Waals surface area (Å²) in [6, 6.07) is 34.6. The van der Waals surface area contributed by atoms with Gasteiger partial charge in [-0.25, -0.2) is 0 Å². The lowest BCUT2D eigenvalue weighted by Crippen LogP contribution is -2.13. The Balaban J connectivity index is 1.61. The summed E-state index contributed by atoms with van der Waals surface area (Å²) in [5.74, 6) is 0. The van der Waals surface area contributed by atoms with E-state index in [0.29, 0.717) is 0 Å². The summed E-state index contributed by atoms with van der Waals surface area (Å²) in [7, 11) is 0. The highest BCUT2D eigenvalue weighted by molar-refractivity contribution is 5.80. The maximum atomic E-state index is 2.37. The summed E-state index contributed by atoms with van der Waals surface area (Å²) in [5.41, 5.74) is 9.92. The number of hydrogen-bond acceptors (Lipinski definition) is 1. The topological polar surface area (TPSA) is 3.24 Å². The number of aryl methyl sites for hydroxylation is 3. The van der Waals surface area contributed by atoms with Crippen LogP contribution in [0.2, 0.25) is 0 Å². The molecule has 1 heteroatoms.